The summed E-state index contributed by atoms with van der Waals surface area (Å²) in [6.45, 7) is 0.512. The number of anilines is 1. The Morgan fingerprint density at radius 3 is 2.38 bits per heavy atom. The maximum Gasteiger partial charge on any atom is 0.250 e. The zero-order valence-electron chi connectivity index (χ0n) is 18.9. The minimum absolute atomic E-state index is 0.232. The quantitative estimate of drug-likeness (QED) is 0.208. The largest absolute Gasteiger partial charge is 0.497 e. The van der Waals surface area contributed by atoms with Gasteiger partial charge in [0.15, 0.2) is 5.13 Å². The van der Waals surface area contributed by atoms with Gasteiger partial charge in [-0.15, -0.1) is 23.1 Å². The minimum atomic E-state index is -0.232. The van der Waals surface area contributed by atoms with E-state index in [4.69, 9.17) is 9.47 Å². The highest BCUT2D eigenvalue weighted by molar-refractivity contribution is 7.98. The lowest BCUT2D eigenvalue weighted by atomic mass is 10.2. The van der Waals surface area contributed by atoms with Crippen molar-refractivity contribution in [3.63, 3.8) is 0 Å². The fourth-order valence-electron chi connectivity index (χ4n) is 3.11. The van der Waals surface area contributed by atoms with Crippen LogP contribution in [0.25, 0.3) is 17.3 Å². The second-order valence-corrected chi connectivity index (χ2v) is 9.03. The second kappa shape index (κ2) is 11.5. The molecule has 0 aliphatic carbocycles. The number of methoxy groups -OCH3 is 1. The van der Waals surface area contributed by atoms with Crippen molar-refractivity contribution in [3.05, 3.63) is 95.4 Å². The zero-order chi connectivity index (χ0) is 23.8. The van der Waals surface area contributed by atoms with E-state index >= 15 is 0 Å². The summed E-state index contributed by atoms with van der Waals surface area (Å²) in [7, 11) is 1.63. The number of carbonyl (C=O) groups is 1. The highest BCUT2D eigenvalue weighted by atomic mass is 32.2. The van der Waals surface area contributed by atoms with Crippen molar-refractivity contribution in [2.24, 2.45) is 0 Å². The van der Waals surface area contributed by atoms with Crippen LogP contribution in [0.2, 0.25) is 0 Å². The monoisotopic (exact) mass is 488 g/mol. The highest BCUT2D eigenvalue weighted by Crippen LogP contribution is 2.26. The molecule has 3 aromatic carbocycles. The van der Waals surface area contributed by atoms with Crippen LogP contribution in [0.3, 0.4) is 0 Å². The van der Waals surface area contributed by atoms with Crippen molar-refractivity contribution < 1.29 is 14.3 Å². The average Bonchev–Trinajstić information content (AvgIpc) is 3.35. The Balaban J connectivity index is 1.28. The van der Waals surface area contributed by atoms with Gasteiger partial charge in [-0.1, -0.05) is 24.3 Å². The predicted molar refractivity (Wildman–Crippen MR) is 141 cm³/mol. The predicted octanol–water partition coefficient (Wildman–Crippen LogP) is 6.77. The summed E-state index contributed by atoms with van der Waals surface area (Å²) >= 11 is 3.11. The molecule has 0 fully saturated rings. The Kier molecular flexibility index (Phi) is 8.01. The number of hydrogen-bond acceptors (Lipinski definition) is 6. The van der Waals surface area contributed by atoms with Crippen molar-refractivity contribution in [3.8, 4) is 22.8 Å². The van der Waals surface area contributed by atoms with Gasteiger partial charge in [0.2, 0.25) is 5.91 Å². The third-order valence-electron chi connectivity index (χ3n) is 4.99. The summed E-state index contributed by atoms with van der Waals surface area (Å²) in [5.74, 6) is 1.34. The van der Waals surface area contributed by atoms with Crippen LogP contribution in [0, 0.1) is 0 Å². The summed E-state index contributed by atoms with van der Waals surface area (Å²) in [5, 5.41) is 5.28. The van der Waals surface area contributed by atoms with Gasteiger partial charge in [-0.2, -0.15) is 0 Å². The molecular weight excluding hydrogens is 464 g/mol. The van der Waals surface area contributed by atoms with Crippen LogP contribution in [0.4, 0.5) is 5.13 Å². The standard InChI is InChI=1S/C27H24N2O3S2/c1-31-22-12-8-21(9-13-22)25-18-34-27(28-25)29-26(30)16-7-19-3-10-23(11-4-19)32-17-20-5-14-24(33-2)15-6-20/h3-16,18H,17H2,1-2H3,(H,28,29,30)/b16-7+. The summed E-state index contributed by atoms with van der Waals surface area (Å²) in [5.41, 5.74) is 3.80. The average molecular weight is 489 g/mol. The van der Waals surface area contributed by atoms with Crippen LogP contribution in [0.5, 0.6) is 11.5 Å². The summed E-state index contributed by atoms with van der Waals surface area (Å²) in [4.78, 5) is 18.0. The lowest BCUT2D eigenvalue weighted by Crippen LogP contribution is -2.07. The summed E-state index contributed by atoms with van der Waals surface area (Å²) in [6, 6.07) is 23.6. The van der Waals surface area contributed by atoms with Crippen LogP contribution in [-0.4, -0.2) is 24.3 Å². The fourth-order valence-corrected chi connectivity index (χ4v) is 4.24. The zero-order valence-corrected chi connectivity index (χ0v) is 20.5. The van der Waals surface area contributed by atoms with E-state index in [0.717, 1.165) is 33.9 Å². The molecule has 1 amide bonds. The second-order valence-electron chi connectivity index (χ2n) is 7.29. The number of benzene rings is 3. The number of nitrogens with one attached hydrogen (secondary N) is 1. The smallest absolute Gasteiger partial charge is 0.250 e. The Bertz CT molecular complexity index is 1250. The molecule has 0 spiro atoms. The van der Waals surface area contributed by atoms with Crippen molar-refractivity contribution >= 4 is 40.2 Å². The number of hydrogen-bond donors (Lipinski definition) is 1. The van der Waals surface area contributed by atoms with E-state index < -0.39 is 0 Å². The molecule has 0 aliphatic rings. The molecule has 7 heteroatoms. The number of aromatic nitrogens is 1. The number of carbonyl (C=O) groups excluding carboxylic acids is 1. The van der Waals surface area contributed by atoms with E-state index in [1.54, 1.807) is 24.9 Å². The van der Waals surface area contributed by atoms with Crippen LogP contribution in [0.15, 0.2) is 89.1 Å². The normalized spacial score (nSPS) is 10.9. The Morgan fingerprint density at radius 1 is 1.00 bits per heavy atom. The number of amides is 1. The lowest BCUT2D eigenvalue weighted by Gasteiger charge is -2.07. The van der Waals surface area contributed by atoms with E-state index in [1.165, 1.54) is 22.3 Å². The van der Waals surface area contributed by atoms with E-state index in [-0.39, 0.29) is 5.91 Å². The molecule has 172 valence electrons. The van der Waals surface area contributed by atoms with Crippen LogP contribution >= 0.6 is 23.1 Å². The molecule has 4 aromatic rings. The Hall–Kier alpha value is -3.55. The van der Waals surface area contributed by atoms with Gasteiger partial charge in [-0.3, -0.25) is 10.1 Å². The number of ether oxygens (including phenoxy) is 2. The number of rotatable bonds is 9. The molecule has 1 N–H and O–H groups in total. The molecule has 0 bridgehead atoms. The first-order valence-electron chi connectivity index (χ1n) is 10.6. The van der Waals surface area contributed by atoms with Crippen LogP contribution in [0.1, 0.15) is 11.1 Å². The van der Waals surface area contributed by atoms with E-state index in [2.05, 4.69) is 40.8 Å². The van der Waals surface area contributed by atoms with Gasteiger partial charge in [-0.05, 0) is 72.0 Å². The van der Waals surface area contributed by atoms with Crippen molar-refractivity contribution in [2.45, 2.75) is 11.5 Å². The van der Waals surface area contributed by atoms with Gasteiger partial charge >= 0.3 is 0 Å². The maximum absolute atomic E-state index is 12.3. The first kappa shape index (κ1) is 23.6. The number of thioether (sulfide) groups is 1. The number of nitrogens with zero attached hydrogens (tertiary/aromatic N) is 1. The molecular formula is C27H24N2O3S2. The molecule has 0 saturated heterocycles. The number of thiazole rings is 1. The Labute approximate surface area is 207 Å². The van der Waals surface area contributed by atoms with E-state index in [9.17, 15) is 4.79 Å². The van der Waals surface area contributed by atoms with Gasteiger partial charge < -0.3 is 9.47 Å². The van der Waals surface area contributed by atoms with Crippen LogP contribution in [-0.2, 0) is 11.4 Å². The lowest BCUT2D eigenvalue weighted by molar-refractivity contribution is -0.111. The van der Waals surface area contributed by atoms with Gasteiger partial charge in [0.1, 0.15) is 18.1 Å². The maximum atomic E-state index is 12.3. The van der Waals surface area contributed by atoms with Crippen molar-refractivity contribution in [2.75, 3.05) is 18.7 Å². The summed E-state index contributed by atoms with van der Waals surface area (Å²) in [6.07, 6.45) is 5.32. The molecule has 5 nitrogen and oxygen atoms in total. The molecule has 34 heavy (non-hydrogen) atoms. The third kappa shape index (κ3) is 6.50. The van der Waals surface area contributed by atoms with Gasteiger partial charge in [0.25, 0.3) is 0 Å². The molecule has 0 radical (unpaired) electrons. The minimum Gasteiger partial charge on any atom is -0.497 e. The SMILES string of the molecule is COc1ccc(-c2csc(NC(=O)/C=C/c3ccc(OCc4ccc(SC)cc4)cc3)n2)cc1. The molecule has 0 unspecified atom stereocenters. The highest BCUT2D eigenvalue weighted by Gasteiger charge is 2.07. The molecule has 0 aliphatic heterocycles. The first-order valence-corrected chi connectivity index (χ1v) is 12.7. The van der Waals surface area contributed by atoms with E-state index in [0.29, 0.717) is 11.7 Å². The molecule has 1 heterocycles. The first-order chi connectivity index (χ1) is 16.6. The topological polar surface area (TPSA) is 60.5 Å². The van der Waals surface area contributed by atoms with Gasteiger partial charge in [0.05, 0.1) is 12.8 Å². The molecule has 4 rings (SSSR count). The molecule has 0 saturated carbocycles. The summed E-state index contributed by atoms with van der Waals surface area (Å²) < 4.78 is 11.0. The van der Waals surface area contributed by atoms with Crippen molar-refractivity contribution in [1.29, 1.82) is 0 Å². The van der Waals surface area contributed by atoms with Crippen LogP contribution < -0.4 is 14.8 Å². The fraction of sp³-hybridized carbons (Fsp3) is 0.111. The van der Waals surface area contributed by atoms with Gasteiger partial charge in [0, 0.05) is 21.9 Å². The molecule has 1 aromatic heterocycles. The third-order valence-corrected chi connectivity index (χ3v) is 6.49. The molecule has 0 atom stereocenters. The Morgan fingerprint density at radius 2 is 1.71 bits per heavy atom. The van der Waals surface area contributed by atoms with Crippen molar-refractivity contribution in [1.82, 2.24) is 4.98 Å². The van der Waals surface area contributed by atoms with E-state index in [1.807, 2.05) is 53.9 Å². The van der Waals surface area contributed by atoms with Gasteiger partial charge in [-0.25, -0.2) is 4.98 Å².